The van der Waals surface area contributed by atoms with Gasteiger partial charge in [-0.25, -0.2) is 0 Å². The van der Waals surface area contributed by atoms with Crippen LogP contribution in [0.4, 0.5) is 0 Å². The molecule has 9 heavy (non-hydrogen) atoms. The summed E-state index contributed by atoms with van der Waals surface area (Å²) in [5, 5.41) is 0. The summed E-state index contributed by atoms with van der Waals surface area (Å²) in [7, 11) is 0. The van der Waals surface area contributed by atoms with Crippen molar-refractivity contribution in [1.29, 1.82) is 0 Å². The second kappa shape index (κ2) is 2.70. The molecule has 1 saturated carbocycles. The summed E-state index contributed by atoms with van der Waals surface area (Å²) in [6.45, 7) is 4.50. The van der Waals surface area contributed by atoms with Gasteiger partial charge in [0.1, 0.15) is 0 Å². The third-order valence-electron chi connectivity index (χ3n) is 2.72. The van der Waals surface area contributed by atoms with E-state index in [9.17, 15) is 0 Å². The Morgan fingerprint density at radius 3 is 2.33 bits per heavy atom. The molecule has 0 saturated heterocycles. The molecule has 1 aliphatic rings. The van der Waals surface area contributed by atoms with Crippen LogP contribution in [-0.2, 0) is 0 Å². The van der Waals surface area contributed by atoms with Crippen LogP contribution in [0.5, 0.6) is 0 Å². The SMILES string of the molecule is CCC1CCC(C)C1N. The maximum atomic E-state index is 5.93. The molecule has 2 N–H and O–H groups in total. The minimum absolute atomic E-state index is 0.495. The van der Waals surface area contributed by atoms with E-state index in [0.29, 0.717) is 6.04 Å². The Bertz CT molecular complexity index is 90.6. The maximum absolute atomic E-state index is 5.93. The molecule has 0 bridgehead atoms. The first kappa shape index (κ1) is 7.07. The van der Waals surface area contributed by atoms with E-state index in [1.165, 1.54) is 19.3 Å². The molecule has 0 amide bonds. The minimum atomic E-state index is 0.495. The average Bonchev–Trinajstić information content (AvgIpc) is 2.15. The summed E-state index contributed by atoms with van der Waals surface area (Å²) in [5.41, 5.74) is 5.93. The van der Waals surface area contributed by atoms with Gasteiger partial charge in [0.15, 0.2) is 0 Å². The van der Waals surface area contributed by atoms with Crippen LogP contribution in [0.3, 0.4) is 0 Å². The zero-order valence-corrected chi connectivity index (χ0v) is 6.43. The molecular formula is C8H17N. The van der Waals surface area contributed by atoms with Crippen molar-refractivity contribution in [3.63, 3.8) is 0 Å². The molecule has 0 radical (unpaired) electrons. The van der Waals surface area contributed by atoms with E-state index in [-0.39, 0.29) is 0 Å². The minimum Gasteiger partial charge on any atom is -0.327 e. The summed E-state index contributed by atoms with van der Waals surface area (Å²) in [6.07, 6.45) is 3.98. The van der Waals surface area contributed by atoms with Gasteiger partial charge in [-0.2, -0.15) is 0 Å². The van der Waals surface area contributed by atoms with E-state index in [0.717, 1.165) is 11.8 Å². The van der Waals surface area contributed by atoms with Crippen molar-refractivity contribution in [2.45, 2.75) is 39.2 Å². The van der Waals surface area contributed by atoms with Gasteiger partial charge in [0.25, 0.3) is 0 Å². The fraction of sp³-hybridized carbons (Fsp3) is 1.00. The summed E-state index contributed by atoms with van der Waals surface area (Å²) in [6, 6.07) is 0.495. The summed E-state index contributed by atoms with van der Waals surface area (Å²) in [5.74, 6) is 1.59. The first-order valence-corrected chi connectivity index (χ1v) is 4.01. The van der Waals surface area contributed by atoms with Gasteiger partial charge in [0.2, 0.25) is 0 Å². The second-order valence-corrected chi connectivity index (χ2v) is 3.30. The first-order chi connectivity index (χ1) is 4.25. The highest BCUT2D eigenvalue weighted by molar-refractivity contribution is 4.84. The van der Waals surface area contributed by atoms with Crippen molar-refractivity contribution in [2.24, 2.45) is 17.6 Å². The maximum Gasteiger partial charge on any atom is 0.00928 e. The number of rotatable bonds is 1. The van der Waals surface area contributed by atoms with Gasteiger partial charge >= 0.3 is 0 Å². The second-order valence-electron chi connectivity index (χ2n) is 3.30. The van der Waals surface area contributed by atoms with Crippen LogP contribution in [0.2, 0.25) is 0 Å². The molecule has 0 heterocycles. The zero-order valence-electron chi connectivity index (χ0n) is 6.43. The Labute approximate surface area is 57.6 Å². The molecule has 0 spiro atoms. The lowest BCUT2D eigenvalue weighted by Gasteiger charge is -2.15. The highest BCUT2D eigenvalue weighted by Gasteiger charge is 2.28. The van der Waals surface area contributed by atoms with Crippen molar-refractivity contribution < 1.29 is 0 Å². The standard InChI is InChI=1S/C8H17N/c1-3-7-5-4-6(2)8(7)9/h6-8H,3-5,9H2,1-2H3. The van der Waals surface area contributed by atoms with Gasteiger partial charge in [-0.15, -0.1) is 0 Å². The smallest absolute Gasteiger partial charge is 0.00928 e. The topological polar surface area (TPSA) is 26.0 Å². The lowest BCUT2D eigenvalue weighted by atomic mass is 9.98. The molecule has 3 atom stereocenters. The van der Waals surface area contributed by atoms with E-state index >= 15 is 0 Å². The molecule has 54 valence electrons. The Balaban J connectivity index is 2.41. The Morgan fingerprint density at radius 2 is 2.11 bits per heavy atom. The predicted octanol–water partition coefficient (Wildman–Crippen LogP) is 1.77. The Hall–Kier alpha value is -0.0400. The molecule has 1 rings (SSSR count). The molecule has 0 aromatic heterocycles. The van der Waals surface area contributed by atoms with Gasteiger partial charge < -0.3 is 5.73 Å². The lowest BCUT2D eigenvalue weighted by molar-refractivity contribution is 0.419. The number of nitrogens with two attached hydrogens (primary N) is 1. The molecule has 0 aromatic rings. The van der Waals surface area contributed by atoms with E-state index in [1.807, 2.05) is 0 Å². The van der Waals surface area contributed by atoms with Crippen LogP contribution in [0.1, 0.15) is 33.1 Å². The van der Waals surface area contributed by atoms with Crippen LogP contribution < -0.4 is 5.73 Å². The molecule has 0 aromatic carbocycles. The largest absolute Gasteiger partial charge is 0.327 e. The normalized spacial score (nSPS) is 43.7. The van der Waals surface area contributed by atoms with Gasteiger partial charge in [-0.05, 0) is 24.7 Å². The Morgan fingerprint density at radius 1 is 1.44 bits per heavy atom. The van der Waals surface area contributed by atoms with Crippen LogP contribution in [0.15, 0.2) is 0 Å². The Kier molecular flexibility index (Phi) is 2.12. The van der Waals surface area contributed by atoms with E-state index < -0.39 is 0 Å². The third kappa shape index (κ3) is 1.26. The lowest BCUT2D eigenvalue weighted by Crippen LogP contribution is -2.29. The highest BCUT2D eigenvalue weighted by Crippen LogP contribution is 2.31. The van der Waals surface area contributed by atoms with Gasteiger partial charge in [0, 0.05) is 6.04 Å². The molecule has 1 heteroatoms. The molecule has 1 nitrogen and oxygen atoms in total. The number of hydrogen-bond donors (Lipinski definition) is 1. The molecule has 0 aliphatic heterocycles. The monoisotopic (exact) mass is 127 g/mol. The van der Waals surface area contributed by atoms with Crippen molar-refractivity contribution >= 4 is 0 Å². The summed E-state index contributed by atoms with van der Waals surface area (Å²) < 4.78 is 0. The van der Waals surface area contributed by atoms with E-state index in [4.69, 9.17) is 5.73 Å². The van der Waals surface area contributed by atoms with E-state index in [2.05, 4.69) is 13.8 Å². The van der Waals surface area contributed by atoms with Crippen molar-refractivity contribution in [3.8, 4) is 0 Å². The summed E-state index contributed by atoms with van der Waals surface area (Å²) in [4.78, 5) is 0. The average molecular weight is 127 g/mol. The quantitative estimate of drug-likeness (QED) is 0.570. The summed E-state index contributed by atoms with van der Waals surface area (Å²) >= 11 is 0. The zero-order chi connectivity index (χ0) is 6.85. The third-order valence-corrected chi connectivity index (χ3v) is 2.72. The predicted molar refractivity (Wildman–Crippen MR) is 40.2 cm³/mol. The molecule has 3 unspecified atom stereocenters. The van der Waals surface area contributed by atoms with Gasteiger partial charge in [0.05, 0.1) is 0 Å². The van der Waals surface area contributed by atoms with Crippen molar-refractivity contribution in [3.05, 3.63) is 0 Å². The van der Waals surface area contributed by atoms with Gasteiger partial charge in [-0.1, -0.05) is 20.3 Å². The van der Waals surface area contributed by atoms with Crippen molar-refractivity contribution in [1.82, 2.24) is 0 Å². The number of hydrogen-bond acceptors (Lipinski definition) is 1. The molecular weight excluding hydrogens is 110 g/mol. The molecule has 1 fully saturated rings. The van der Waals surface area contributed by atoms with Crippen LogP contribution >= 0.6 is 0 Å². The van der Waals surface area contributed by atoms with Crippen molar-refractivity contribution in [2.75, 3.05) is 0 Å². The first-order valence-electron chi connectivity index (χ1n) is 4.01. The van der Waals surface area contributed by atoms with Crippen LogP contribution in [0.25, 0.3) is 0 Å². The molecule has 1 aliphatic carbocycles. The highest BCUT2D eigenvalue weighted by atomic mass is 14.7. The van der Waals surface area contributed by atoms with Crippen LogP contribution in [0, 0.1) is 11.8 Å². The fourth-order valence-corrected chi connectivity index (χ4v) is 1.80. The van der Waals surface area contributed by atoms with E-state index in [1.54, 1.807) is 0 Å². The fourth-order valence-electron chi connectivity index (χ4n) is 1.80. The van der Waals surface area contributed by atoms with Gasteiger partial charge in [-0.3, -0.25) is 0 Å². The van der Waals surface area contributed by atoms with Crippen LogP contribution in [-0.4, -0.2) is 6.04 Å².